The second-order valence-corrected chi connectivity index (χ2v) is 10.2. The van der Waals surface area contributed by atoms with E-state index in [0.717, 1.165) is 41.8 Å². The minimum Gasteiger partial charge on any atom is -0.301 e. The Hall–Kier alpha value is -2.70. The number of fused-ring (bicyclic) bond motifs is 3. The Kier molecular flexibility index (Phi) is 4.68. The molecule has 1 aliphatic heterocycles. The molecule has 1 fully saturated rings. The van der Waals surface area contributed by atoms with Crippen molar-refractivity contribution in [2.24, 2.45) is 0 Å². The van der Waals surface area contributed by atoms with Gasteiger partial charge in [0.05, 0.1) is 11.6 Å². The summed E-state index contributed by atoms with van der Waals surface area (Å²) in [7, 11) is 0. The molecule has 2 aliphatic carbocycles. The van der Waals surface area contributed by atoms with Crippen molar-refractivity contribution >= 4 is 11.4 Å². The van der Waals surface area contributed by atoms with Gasteiger partial charge in [0.1, 0.15) is 0 Å². The first-order chi connectivity index (χ1) is 14.8. The molecule has 5 rings (SSSR count). The van der Waals surface area contributed by atoms with Gasteiger partial charge in [-0.15, -0.1) is 0 Å². The van der Waals surface area contributed by atoms with Crippen LogP contribution in [-0.2, 0) is 11.8 Å². The molecule has 0 amide bonds. The van der Waals surface area contributed by atoms with Gasteiger partial charge in [-0.05, 0) is 92.1 Å². The van der Waals surface area contributed by atoms with E-state index in [1.807, 2.05) is 18.2 Å². The molecule has 3 heteroatoms. The van der Waals surface area contributed by atoms with Crippen molar-refractivity contribution in [2.75, 3.05) is 13.1 Å². The van der Waals surface area contributed by atoms with Crippen LogP contribution in [0.15, 0.2) is 42.0 Å². The fourth-order valence-corrected chi connectivity index (χ4v) is 5.86. The van der Waals surface area contributed by atoms with E-state index < -0.39 is 0 Å². The molecule has 0 radical (unpaired) electrons. The molecule has 0 bridgehead atoms. The van der Waals surface area contributed by atoms with Crippen LogP contribution < -0.4 is 0 Å². The maximum absolute atomic E-state index is 13.6. The third kappa shape index (κ3) is 3.08. The lowest BCUT2D eigenvalue weighted by Gasteiger charge is -2.37. The number of Topliss-reactive ketones (excluding diaryl/α,β-unsaturated/α-hetero) is 1. The van der Waals surface area contributed by atoms with E-state index >= 15 is 0 Å². The minimum absolute atomic E-state index is 0.147. The monoisotopic (exact) mass is 410 g/mol. The van der Waals surface area contributed by atoms with Crippen molar-refractivity contribution in [1.29, 1.82) is 5.26 Å². The SMILES string of the molecule is CC(C)N1CCC(c2ccc3c(c2)C(C)(C)C2=C(C3=O)c3ccc(C#N)cc3C2)CC1. The Balaban J connectivity index is 1.51. The molecule has 0 aromatic heterocycles. The average molecular weight is 411 g/mol. The summed E-state index contributed by atoms with van der Waals surface area (Å²) in [5.41, 5.74) is 8.08. The van der Waals surface area contributed by atoms with Crippen LogP contribution in [0.5, 0.6) is 0 Å². The Morgan fingerprint density at radius 3 is 2.45 bits per heavy atom. The first-order valence-corrected chi connectivity index (χ1v) is 11.5. The number of carbonyl (C=O) groups is 1. The lowest BCUT2D eigenvalue weighted by Crippen LogP contribution is -2.38. The highest BCUT2D eigenvalue weighted by atomic mass is 16.1. The molecule has 0 spiro atoms. The summed E-state index contributed by atoms with van der Waals surface area (Å²) in [6.07, 6.45) is 3.12. The number of nitrogens with zero attached hydrogens (tertiary/aromatic N) is 2. The summed E-state index contributed by atoms with van der Waals surface area (Å²) in [6, 6.07) is 15.2. The third-order valence-electron chi connectivity index (χ3n) is 7.85. The van der Waals surface area contributed by atoms with E-state index in [1.54, 1.807) is 0 Å². The first-order valence-electron chi connectivity index (χ1n) is 11.5. The van der Waals surface area contributed by atoms with Crippen LogP contribution in [0.25, 0.3) is 5.57 Å². The molecule has 3 aliphatic rings. The van der Waals surface area contributed by atoms with Gasteiger partial charge in [-0.2, -0.15) is 5.26 Å². The first kappa shape index (κ1) is 20.2. The van der Waals surface area contributed by atoms with Crippen LogP contribution in [-0.4, -0.2) is 29.8 Å². The van der Waals surface area contributed by atoms with Crippen molar-refractivity contribution < 1.29 is 4.79 Å². The smallest absolute Gasteiger partial charge is 0.193 e. The zero-order valence-corrected chi connectivity index (χ0v) is 19.0. The van der Waals surface area contributed by atoms with Gasteiger partial charge in [-0.1, -0.05) is 38.1 Å². The molecule has 2 aromatic carbocycles. The van der Waals surface area contributed by atoms with E-state index in [1.165, 1.54) is 29.5 Å². The van der Waals surface area contributed by atoms with Gasteiger partial charge >= 0.3 is 0 Å². The number of benzene rings is 2. The number of likely N-dealkylation sites (tertiary alicyclic amines) is 1. The number of rotatable bonds is 2. The third-order valence-corrected chi connectivity index (χ3v) is 7.85. The highest BCUT2D eigenvalue weighted by molar-refractivity contribution is 6.33. The molecule has 0 N–H and O–H groups in total. The molecule has 2 aromatic rings. The minimum atomic E-state index is -0.195. The van der Waals surface area contributed by atoms with Crippen molar-refractivity contribution in [2.45, 2.75) is 64.3 Å². The zero-order chi connectivity index (χ0) is 21.9. The van der Waals surface area contributed by atoms with Gasteiger partial charge in [0.25, 0.3) is 0 Å². The predicted octanol–water partition coefficient (Wildman–Crippen LogP) is 5.63. The molecule has 158 valence electrons. The van der Waals surface area contributed by atoms with Crippen molar-refractivity contribution in [1.82, 2.24) is 4.90 Å². The topological polar surface area (TPSA) is 44.1 Å². The van der Waals surface area contributed by atoms with Crippen LogP contribution in [0.4, 0.5) is 0 Å². The van der Waals surface area contributed by atoms with Crippen molar-refractivity contribution in [3.05, 3.63) is 75.4 Å². The zero-order valence-electron chi connectivity index (χ0n) is 19.0. The lowest BCUT2D eigenvalue weighted by molar-refractivity contribution is 0.105. The molecule has 0 saturated carbocycles. The van der Waals surface area contributed by atoms with Gasteiger partial charge in [0, 0.05) is 22.6 Å². The summed E-state index contributed by atoms with van der Waals surface area (Å²) in [4.78, 5) is 16.1. The summed E-state index contributed by atoms with van der Waals surface area (Å²) in [5, 5.41) is 9.29. The molecule has 31 heavy (non-hydrogen) atoms. The van der Waals surface area contributed by atoms with Gasteiger partial charge in [0.2, 0.25) is 0 Å². The Bertz CT molecular complexity index is 1150. The number of hydrogen-bond acceptors (Lipinski definition) is 3. The van der Waals surface area contributed by atoms with E-state index in [9.17, 15) is 10.1 Å². The average Bonchev–Trinajstić information content (AvgIpc) is 3.17. The molecule has 0 unspecified atom stereocenters. The number of nitriles is 1. The van der Waals surface area contributed by atoms with Gasteiger partial charge in [-0.3, -0.25) is 4.79 Å². The molecular formula is C28H30N2O. The van der Waals surface area contributed by atoms with Gasteiger partial charge in [-0.25, -0.2) is 0 Å². The summed E-state index contributed by atoms with van der Waals surface area (Å²) in [5.74, 6) is 0.717. The summed E-state index contributed by atoms with van der Waals surface area (Å²) >= 11 is 0. The van der Waals surface area contributed by atoms with Gasteiger partial charge in [0.15, 0.2) is 5.78 Å². The number of piperidine rings is 1. The van der Waals surface area contributed by atoms with Crippen molar-refractivity contribution in [3.63, 3.8) is 0 Å². The highest BCUT2D eigenvalue weighted by Gasteiger charge is 2.43. The van der Waals surface area contributed by atoms with Crippen LogP contribution in [0.1, 0.15) is 84.6 Å². The summed E-state index contributed by atoms with van der Waals surface area (Å²) < 4.78 is 0. The van der Waals surface area contributed by atoms with E-state index in [-0.39, 0.29) is 11.2 Å². The number of allylic oxidation sites excluding steroid dienone is 2. The largest absolute Gasteiger partial charge is 0.301 e. The fourth-order valence-electron chi connectivity index (χ4n) is 5.86. The molecule has 1 saturated heterocycles. The fraction of sp³-hybridized carbons (Fsp3) is 0.429. The standard InChI is InChI=1S/C28H30N2O/c1-17(2)30-11-9-19(10-12-30)20-6-8-23-24(14-20)28(3,4)25-15-21-13-18(16-29)5-7-22(21)26(25)27(23)31/h5-8,13-14,17,19H,9-12,15H2,1-4H3. The maximum atomic E-state index is 13.6. The quantitative estimate of drug-likeness (QED) is 0.644. The second kappa shape index (κ2) is 7.18. The molecular weight excluding hydrogens is 380 g/mol. The van der Waals surface area contributed by atoms with Crippen LogP contribution in [0.2, 0.25) is 0 Å². The number of carbonyl (C=O) groups excluding carboxylic acids is 1. The normalized spacial score (nSPS) is 20.5. The van der Waals surface area contributed by atoms with E-state index in [4.69, 9.17) is 0 Å². The lowest BCUT2D eigenvalue weighted by atomic mass is 9.67. The Morgan fingerprint density at radius 1 is 1.06 bits per heavy atom. The Morgan fingerprint density at radius 2 is 1.77 bits per heavy atom. The summed E-state index contributed by atoms with van der Waals surface area (Å²) in [6.45, 7) is 11.4. The molecule has 1 heterocycles. The second-order valence-electron chi connectivity index (χ2n) is 10.2. The molecule has 0 atom stereocenters. The predicted molar refractivity (Wildman–Crippen MR) is 124 cm³/mol. The van der Waals surface area contributed by atoms with E-state index in [2.05, 4.69) is 56.9 Å². The number of hydrogen-bond donors (Lipinski definition) is 0. The Labute approximate surface area is 185 Å². The number of ketones is 1. The van der Waals surface area contributed by atoms with Crippen LogP contribution in [0, 0.1) is 11.3 Å². The van der Waals surface area contributed by atoms with Crippen molar-refractivity contribution in [3.8, 4) is 6.07 Å². The highest BCUT2D eigenvalue weighted by Crippen LogP contribution is 2.50. The van der Waals surface area contributed by atoms with Gasteiger partial charge < -0.3 is 4.90 Å². The maximum Gasteiger partial charge on any atom is 0.193 e. The molecule has 3 nitrogen and oxygen atoms in total. The van der Waals surface area contributed by atoms with E-state index in [0.29, 0.717) is 17.5 Å². The van der Waals surface area contributed by atoms with Crippen LogP contribution >= 0.6 is 0 Å². The van der Waals surface area contributed by atoms with Crippen LogP contribution in [0.3, 0.4) is 0 Å².